The molecular formula is C33H57N7O7S. The van der Waals surface area contributed by atoms with E-state index in [1.165, 1.54) is 15.3 Å². The van der Waals surface area contributed by atoms with Gasteiger partial charge in [0.05, 0.1) is 6.04 Å². The Labute approximate surface area is 286 Å². The number of amides is 5. The number of Topliss-reactive ketones (excluding diaryl/α,β-unsaturated/α-hetero) is 1. The van der Waals surface area contributed by atoms with Gasteiger partial charge >= 0.3 is 6.03 Å². The molecule has 2 heterocycles. The maximum Gasteiger partial charge on any atom is 0.315 e. The van der Waals surface area contributed by atoms with Crippen LogP contribution in [0.3, 0.4) is 0 Å². The minimum Gasteiger partial charge on any atom is -0.346 e. The summed E-state index contributed by atoms with van der Waals surface area (Å²) in [6.45, 7) is 21.8. The van der Waals surface area contributed by atoms with Gasteiger partial charge in [0, 0.05) is 38.8 Å². The number of piperidine rings is 1. The van der Waals surface area contributed by atoms with Crippen molar-refractivity contribution in [3.63, 3.8) is 0 Å². The van der Waals surface area contributed by atoms with E-state index in [2.05, 4.69) is 32.6 Å². The maximum absolute atomic E-state index is 14.3. The molecule has 2 saturated heterocycles. The highest BCUT2D eigenvalue weighted by Crippen LogP contribution is 2.65. The van der Waals surface area contributed by atoms with Crippen LogP contribution in [0.5, 0.6) is 0 Å². The molecule has 0 aromatic carbocycles. The summed E-state index contributed by atoms with van der Waals surface area (Å²) in [6.07, 6.45) is 2.88. The molecular weight excluding hydrogens is 638 g/mol. The second-order valence-electron chi connectivity index (χ2n) is 16.0. The van der Waals surface area contributed by atoms with Gasteiger partial charge in [-0.3, -0.25) is 19.2 Å². The molecule has 2 unspecified atom stereocenters. The smallest absolute Gasteiger partial charge is 0.315 e. The monoisotopic (exact) mass is 695 g/mol. The van der Waals surface area contributed by atoms with Crippen molar-refractivity contribution >= 4 is 39.7 Å². The molecule has 0 aromatic rings. The molecule has 5 N–H and O–H groups in total. The van der Waals surface area contributed by atoms with Gasteiger partial charge in [-0.05, 0) is 40.9 Å². The fraction of sp³-hybridized carbons (Fsp3) is 0.788. The lowest BCUT2D eigenvalue weighted by atomic mass is 9.85. The average molecular weight is 696 g/mol. The first-order chi connectivity index (χ1) is 22.1. The van der Waals surface area contributed by atoms with Gasteiger partial charge in [-0.2, -0.15) is 12.7 Å². The van der Waals surface area contributed by atoms with Crippen molar-refractivity contribution < 1.29 is 32.4 Å². The summed E-state index contributed by atoms with van der Waals surface area (Å²) in [5, 5.41) is 11.0. The minimum atomic E-state index is -3.67. The average Bonchev–Trinajstić information content (AvgIpc) is 3.28. The molecule has 0 bridgehead atoms. The van der Waals surface area contributed by atoms with Crippen molar-refractivity contribution in [2.45, 2.75) is 106 Å². The van der Waals surface area contributed by atoms with Crippen LogP contribution in [-0.2, 0) is 29.4 Å². The first-order valence-electron chi connectivity index (χ1n) is 16.9. The standard InChI is InChI=1S/C33H57N7O7S/c1-11-14-21(25(41)28(43)34-15-12-2)36-27(42)24-23-20(33(23,9)10)18-40(24)29(44)26(32(6,7)8)38-30(45)37-22(31(3,4)5)19-39-17-13-16-35-48(39,46)47/h12,20-24,26,35H,2,11,13-19H2,1,3-10H3,(H,34,43)(H,36,42)(H2,37,38,45)/t20-,21?,22?,23-,24-,26+/m0/s1. The van der Waals surface area contributed by atoms with E-state index < -0.39 is 74.7 Å². The van der Waals surface area contributed by atoms with Gasteiger partial charge in [0.1, 0.15) is 12.1 Å². The Bertz CT molecular complexity index is 1370. The maximum atomic E-state index is 14.3. The minimum absolute atomic E-state index is 0.0493. The number of nitrogens with zero attached hydrogens (tertiary/aromatic N) is 2. The third kappa shape index (κ3) is 8.94. The van der Waals surface area contributed by atoms with Gasteiger partial charge in [0.2, 0.25) is 17.6 Å². The predicted molar refractivity (Wildman–Crippen MR) is 183 cm³/mol. The Kier molecular flexibility index (Phi) is 12.2. The first-order valence-corrected chi connectivity index (χ1v) is 18.4. The number of likely N-dealkylation sites (tertiary alicyclic amines) is 1. The fourth-order valence-corrected chi connectivity index (χ4v) is 8.08. The fourth-order valence-electron chi connectivity index (χ4n) is 6.78. The Morgan fingerprint density at radius 3 is 2.21 bits per heavy atom. The van der Waals surface area contributed by atoms with Crippen LogP contribution in [0.1, 0.15) is 81.6 Å². The summed E-state index contributed by atoms with van der Waals surface area (Å²) in [4.78, 5) is 68.8. The van der Waals surface area contributed by atoms with Crippen LogP contribution in [-0.4, -0.2) is 104 Å². The van der Waals surface area contributed by atoms with Gasteiger partial charge in [-0.15, -0.1) is 6.58 Å². The molecule has 3 aliphatic rings. The van der Waals surface area contributed by atoms with Crippen molar-refractivity contribution in [1.29, 1.82) is 0 Å². The lowest BCUT2D eigenvalue weighted by Gasteiger charge is -2.39. The molecule has 3 fully saturated rings. The quantitative estimate of drug-likeness (QED) is 0.142. The molecule has 0 aromatic heterocycles. The summed E-state index contributed by atoms with van der Waals surface area (Å²) in [5.41, 5.74) is -1.50. The van der Waals surface area contributed by atoms with Crippen LogP contribution in [0, 0.1) is 28.1 Å². The van der Waals surface area contributed by atoms with Crippen LogP contribution in [0.25, 0.3) is 0 Å². The molecule has 0 spiro atoms. The molecule has 14 nitrogen and oxygen atoms in total. The number of rotatable bonds is 13. The van der Waals surface area contributed by atoms with Crippen molar-refractivity contribution in [1.82, 2.24) is 35.2 Å². The Hall–Kier alpha value is -3.04. The Morgan fingerprint density at radius 2 is 1.67 bits per heavy atom. The Balaban J connectivity index is 1.82. The molecule has 5 amide bonds. The van der Waals surface area contributed by atoms with E-state index in [1.807, 2.05) is 62.3 Å². The molecule has 1 saturated carbocycles. The molecule has 2 aliphatic heterocycles. The normalized spacial score (nSPS) is 25.1. The van der Waals surface area contributed by atoms with Crippen LogP contribution in [0.2, 0.25) is 0 Å². The van der Waals surface area contributed by atoms with E-state index in [4.69, 9.17) is 0 Å². The molecule has 15 heteroatoms. The van der Waals surface area contributed by atoms with E-state index in [9.17, 15) is 32.4 Å². The number of urea groups is 1. The van der Waals surface area contributed by atoms with E-state index in [0.717, 1.165) is 0 Å². The number of nitrogens with one attached hydrogen (secondary N) is 5. The highest BCUT2D eigenvalue weighted by Gasteiger charge is 2.70. The van der Waals surface area contributed by atoms with Gasteiger partial charge in [0.15, 0.2) is 0 Å². The van der Waals surface area contributed by atoms with E-state index in [0.29, 0.717) is 32.5 Å². The number of fused-ring (bicyclic) bond motifs is 1. The lowest BCUT2D eigenvalue weighted by Crippen LogP contribution is -2.63. The van der Waals surface area contributed by atoms with Crippen molar-refractivity contribution in [2.24, 2.45) is 28.1 Å². The summed E-state index contributed by atoms with van der Waals surface area (Å²) in [6, 6.07) is -4.20. The zero-order valence-corrected chi connectivity index (χ0v) is 30.9. The number of hydrogen-bond acceptors (Lipinski definition) is 7. The van der Waals surface area contributed by atoms with Crippen LogP contribution in [0.4, 0.5) is 4.79 Å². The van der Waals surface area contributed by atoms with E-state index in [-0.39, 0.29) is 36.8 Å². The lowest BCUT2D eigenvalue weighted by molar-refractivity contribution is -0.145. The zero-order chi connectivity index (χ0) is 36.4. The van der Waals surface area contributed by atoms with Crippen molar-refractivity contribution in [2.75, 3.05) is 32.7 Å². The van der Waals surface area contributed by atoms with Gasteiger partial charge < -0.3 is 26.2 Å². The zero-order valence-electron chi connectivity index (χ0n) is 30.1. The molecule has 6 atom stereocenters. The van der Waals surface area contributed by atoms with Crippen LogP contribution in [0.15, 0.2) is 12.7 Å². The number of ketones is 1. The van der Waals surface area contributed by atoms with Gasteiger partial charge in [0.25, 0.3) is 16.1 Å². The number of hydrogen-bond donors (Lipinski definition) is 5. The van der Waals surface area contributed by atoms with Crippen LogP contribution >= 0.6 is 0 Å². The summed E-state index contributed by atoms with van der Waals surface area (Å²) in [5.74, 6) is -2.63. The summed E-state index contributed by atoms with van der Waals surface area (Å²) >= 11 is 0. The van der Waals surface area contributed by atoms with Gasteiger partial charge in [-0.25, -0.2) is 9.52 Å². The predicted octanol–water partition coefficient (Wildman–Crippen LogP) is 1.29. The topological polar surface area (TPSA) is 186 Å². The second-order valence-corrected chi connectivity index (χ2v) is 17.8. The number of carbonyl (C=O) groups excluding carboxylic acids is 5. The molecule has 3 rings (SSSR count). The number of carbonyl (C=O) groups is 5. The SMILES string of the molecule is C=CCNC(=O)C(=O)C(CCC)NC(=O)[C@@H]1[C@@H]2[C@H](CN1C(=O)[C@@H](NC(=O)NC(CN1CCCNS1(=O)=O)C(C)(C)C)C(C)(C)C)C2(C)C. The second kappa shape index (κ2) is 14.8. The molecule has 48 heavy (non-hydrogen) atoms. The highest BCUT2D eigenvalue weighted by atomic mass is 32.2. The van der Waals surface area contributed by atoms with Crippen molar-refractivity contribution in [3.8, 4) is 0 Å². The van der Waals surface area contributed by atoms with Crippen LogP contribution < -0.4 is 26.0 Å². The highest BCUT2D eigenvalue weighted by molar-refractivity contribution is 7.87. The summed E-state index contributed by atoms with van der Waals surface area (Å²) < 4.78 is 29.1. The third-order valence-corrected chi connectivity index (χ3v) is 11.5. The molecule has 1 aliphatic carbocycles. The summed E-state index contributed by atoms with van der Waals surface area (Å²) in [7, 11) is -3.67. The third-order valence-electron chi connectivity index (χ3n) is 9.94. The largest absolute Gasteiger partial charge is 0.346 e. The Morgan fingerprint density at radius 1 is 1.02 bits per heavy atom. The van der Waals surface area contributed by atoms with E-state index in [1.54, 1.807) is 0 Å². The van der Waals surface area contributed by atoms with Crippen molar-refractivity contribution in [3.05, 3.63) is 12.7 Å². The first kappa shape index (κ1) is 39.4. The molecule has 272 valence electrons. The van der Waals surface area contributed by atoms with E-state index >= 15 is 0 Å². The molecule has 0 radical (unpaired) electrons. The van der Waals surface area contributed by atoms with Gasteiger partial charge in [-0.1, -0.05) is 74.8 Å².